The molecule has 2 aromatic rings. The van der Waals surface area contributed by atoms with Crippen LogP contribution in [0.3, 0.4) is 0 Å². The van der Waals surface area contributed by atoms with Gasteiger partial charge in [0.2, 0.25) is 0 Å². The summed E-state index contributed by atoms with van der Waals surface area (Å²) in [7, 11) is 0. The fourth-order valence-electron chi connectivity index (χ4n) is 2.57. The summed E-state index contributed by atoms with van der Waals surface area (Å²) in [6, 6.07) is 11.2. The van der Waals surface area contributed by atoms with Crippen molar-refractivity contribution in [1.29, 1.82) is 0 Å². The first-order valence-electron chi connectivity index (χ1n) is 7.06. The van der Waals surface area contributed by atoms with E-state index >= 15 is 0 Å². The molecule has 0 saturated carbocycles. The van der Waals surface area contributed by atoms with Crippen LogP contribution in [0, 0.1) is 0 Å². The highest BCUT2D eigenvalue weighted by molar-refractivity contribution is 6.33. The van der Waals surface area contributed by atoms with Crippen molar-refractivity contribution in [1.82, 2.24) is 9.88 Å². The van der Waals surface area contributed by atoms with Gasteiger partial charge in [-0.25, -0.2) is 4.98 Å². The van der Waals surface area contributed by atoms with Gasteiger partial charge in [0.05, 0.1) is 16.3 Å². The maximum Gasteiger partial charge on any atom is 0.257 e. The Morgan fingerprint density at radius 1 is 1.00 bits per heavy atom. The standard InChI is InChI=1S/C16H15Cl2N3O/c17-13-5-1-2-6-14(13)20-8-10-21(11-9-20)16(22)12-4-3-7-19-15(12)18/h1-7H,8-11H2. The molecule has 114 valence electrons. The first kappa shape index (κ1) is 15.1. The number of carbonyl (C=O) groups excluding carboxylic acids is 1. The molecule has 0 radical (unpaired) electrons. The van der Waals surface area contributed by atoms with Crippen molar-refractivity contribution in [3.05, 3.63) is 58.3 Å². The summed E-state index contributed by atoms with van der Waals surface area (Å²) < 4.78 is 0. The third-order valence-corrected chi connectivity index (χ3v) is 4.37. The first-order valence-corrected chi connectivity index (χ1v) is 7.81. The third-order valence-electron chi connectivity index (χ3n) is 3.75. The Kier molecular flexibility index (Phi) is 4.50. The number of nitrogens with zero attached hydrogens (tertiary/aromatic N) is 3. The zero-order valence-electron chi connectivity index (χ0n) is 11.9. The van der Waals surface area contributed by atoms with Crippen molar-refractivity contribution in [2.75, 3.05) is 31.1 Å². The van der Waals surface area contributed by atoms with Gasteiger partial charge in [-0.05, 0) is 24.3 Å². The van der Waals surface area contributed by atoms with Crippen molar-refractivity contribution in [3.8, 4) is 0 Å². The molecule has 0 aliphatic carbocycles. The molecule has 0 atom stereocenters. The molecule has 1 aromatic heterocycles. The van der Waals surface area contributed by atoms with Crippen LogP contribution in [-0.4, -0.2) is 42.0 Å². The Labute approximate surface area is 139 Å². The number of hydrogen-bond acceptors (Lipinski definition) is 3. The van der Waals surface area contributed by atoms with E-state index in [1.165, 1.54) is 0 Å². The molecule has 0 spiro atoms. The normalized spacial score (nSPS) is 15.0. The van der Waals surface area contributed by atoms with Crippen molar-refractivity contribution >= 4 is 34.8 Å². The number of anilines is 1. The van der Waals surface area contributed by atoms with E-state index in [0.29, 0.717) is 18.7 Å². The number of carbonyl (C=O) groups is 1. The SMILES string of the molecule is O=C(c1cccnc1Cl)N1CCN(c2ccccc2Cl)CC1. The smallest absolute Gasteiger partial charge is 0.257 e. The van der Waals surface area contributed by atoms with Crippen molar-refractivity contribution in [2.24, 2.45) is 0 Å². The summed E-state index contributed by atoms with van der Waals surface area (Å²) in [6.07, 6.45) is 1.58. The Balaban J connectivity index is 1.68. The lowest BCUT2D eigenvalue weighted by Gasteiger charge is -2.36. The highest BCUT2D eigenvalue weighted by Crippen LogP contribution is 2.26. The van der Waals surface area contributed by atoms with Crippen LogP contribution in [-0.2, 0) is 0 Å². The number of aromatic nitrogens is 1. The lowest BCUT2D eigenvalue weighted by atomic mass is 10.2. The minimum absolute atomic E-state index is 0.0723. The summed E-state index contributed by atoms with van der Waals surface area (Å²) in [6.45, 7) is 2.76. The molecule has 0 N–H and O–H groups in total. The molecular formula is C16H15Cl2N3O. The Bertz CT molecular complexity index is 685. The number of piperazine rings is 1. The maximum absolute atomic E-state index is 12.5. The van der Waals surface area contributed by atoms with Gasteiger partial charge in [-0.1, -0.05) is 35.3 Å². The highest BCUT2D eigenvalue weighted by Gasteiger charge is 2.24. The highest BCUT2D eigenvalue weighted by atomic mass is 35.5. The number of hydrogen-bond donors (Lipinski definition) is 0. The fourth-order valence-corrected chi connectivity index (χ4v) is 3.03. The number of benzene rings is 1. The van der Waals surface area contributed by atoms with Gasteiger partial charge < -0.3 is 9.80 Å². The van der Waals surface area contributed by atoms with Crippen LogP contribution in [0.1, 0.15) is 10.4 Å². The summed E-state index contributed by atoms with van der Waals surface area (Å²) in [5.41, 5.74) is 1.46. The lowest BCUT2D eigenvalue weighted by molar-refractivity contribution is 0.0746. The fraction of sp³-hybridized carbons (Fsp3) is 0.250. The second kappa shape index (κ2) is 6.55. The largest absolute Gasteiger partial charge is 0.367 e. The van der Waals surface area contributed by atoms with Crippen molar-refractivity contribution < 1.29 is 4.79 Å². The van der Waals surface area contributed by atoms with Crippen molar-refractivity contribution in [2.45, 2.75) is 0 Å². The molecular weight excluding hydrogens is 321 g/mol. The summed E-state index contributed by atoms with van der Waals surface area (Å²) in [4.78, 5) is 20.4. The maximum atomic E-state index is 12.5. The van der Waals surface area contributed by atoms with Gasteiger partial charge in [0.15, 0.2) is 0 Å². The molecule has 1 saturated heterocycles. The molecule has 0 bridgehead atoms. The van der Waals surface area contributed by atoms with E-state index in [2.05, 4.69) is 9.88 Å². The van der Waals surface area contributed by atoms with Gasteiger partial charge in [-0.15, -0.1) is 0 Å². The van der Waals surface area contributed by atoms with E-state index in [4.69, 9.17) is 23.2 Å². The van der Waals surface area contributed by atoms with Crippen LogP contribution in [0.25, 0.3) is 0 Å². The monoisotopic (exact) mass is 335 g/mol. The number of pyridine rings is 1. The lowest BCUT2D eigenvalue weighted by Crippen LogP contribution is -2.49. The molecule has 1 fully saturated rings. The van der Waals surface area contributed by atoms with Crippen LogP contribution in [0.2, 0.25) is 10.2 Å². The zero-order chi connectivity index (χ0) is 15.5. The average molecular weight is 336 g/mol. The molecule has 4 nitrogen and oxygen atoms in total. The topological polar surface area (TPSA) is 36.4 Å². The quantitative estimate of drug-likeness (QED) is 0.789. The number of rotatable bonds is 2. The van der Waals surface area contributed by atoms with Crippen LogP contribution in [0.15, 0.2) is 42.6 Å². The molecule has 1 aromatic carbocycles. The van der Waals surface area contributed by atoms with Crippen LogP contribution < -0.4 is 4.90 Å². The predicted molar refractivity (Wildman–Crippen MR) is 88.8 cm³/mol. The predicted octanol–water partition coefficient (Wildman–Crippen LogP) is 3.35. The van der Waals surface area contributed by atoms with Gasteiger partial charge in [0.25, 0.3) is 5.91 Å². The molecule has 3 rings (SSSR count). The Hall–Kier alpha value is -1.78. The molecule has 1 aliphatic heterocycles. The number of halogens is 2. The zero-order valence-corrected chi connectivity index (χ0v) is 13.4. The Morgan fingerprint density at radius 2 is 1.73 bits per heavy atom. The molecule has 2 heterocycles. The molecule has 1 aliphatic rings. The van der Waals surface area contributed by atoms with E-state index in [0.717, 1.165) is 23.8 Å². The molecule has 22 heavy (non-hydrogen) atoms. The third kappa shape index (κ3) is 3.03. The van der Waals surface area contributed by atoms with Crippen LogP contribution >= 0.6 is 23.2 Å². The summed E-state index contributed by atoms with van der Waals surface area (Å²) >= 11 is 12.2. The van der Waals surface area contributed by atoms with Gasteiger partial charge >= 0.3 is 0 Å². The second-order valence-electron chi connectivity index (χ2n) is 5.07. The minimum atomic E-state index is -0.0723. The average Bonchev–Trinajstić information content (AvgIpc) is 2.55. The van der Waals surface area contributed by atoms with Crippen LogP contribution in [0.4, 0.5) is 5.69 Å². The molecule has 1 amide bonds. The number of para-hydroxylation sites is 1. The molecule has 0 unspecified atom stereocenters. The minimum Gasteiger partial charge on any atom is -0.367 e. The van der Waals surface area contributed by atoms with Crippen molar-refractivity contribution in [3.63, 3.8) is 0 Å². The number of amides is 1. The van der Waals surface area contributed by atoms with Crippen LogP contribution in [0.5, 0.6) is 0 Å². The molecule has 6 heteroatoms. The van der Waals surface area contributed by atoms with E-state index < -0.39 is 0 Å². The Morgan fingerprint density at radius 3 is 2.41 bits per heavy atom. The van der Waals surface area contributed by atoms with Gasteiger partial charge in [-0.2, -0.15) is 0 Å². The summed E-state index contributed by atoms with van der Waals surface area (Å²) in [5.74, 6) is -0.0723. The second-order valence-corrected chi connectivity index (χ2v) is 5.84. The summed E-state index contributed by atoms with van der Waals surface area (Å²) in [5, 5.41) is 0.985. The van der Waals surface area contributed by atoms with Gasteiger partial charge in [0, 0.05) is 32.4 Å². The van der Waals surface area contributed by atoms with E-state index in [1.807, 2.05) is 24.3 Å². The van der Waals surface area contributed by atoms with E-state index in [-0.39, 0.29) is 11.1 Å². The first-order chi connectivity index (χ1) is 10.7. The van der Waals surface area contributed by atoms with Gasteiger partial charge in [-0.3, -0.25) is 4.79 Å². The van der Waals surface area contributed by atoms with E-state index in [1.54, 1.807) is 23.2 Å². The van der Waals surface area contributed by atoms with E-state index in [9.17, 15) is 4.79 Å². The van der Waals surface area contributed by atoms with Gasteiger partial charge in [0.1, 0.15) is 5.15 Å².